The molecule has 1 unspecified atom stereocenters. The van der Waals surface area contributed by atoms with E-state index >= 15 is 0 Å². The first-order chi connectivity index (χ1) is 7.22. The molecule has 0 saturated heterocycles. The van der Waals surface area contributed by atoms with Gasteiger partial charge in [0, 0.05) is 15.5 Å². The first kappa shape index (κ1) is 13.3. The summed E-state index contributed by atoms with van der Waals surface area (Å²) < 4.78 is 1.28. The van der Waals surface area contributed by atoms with E-state index in [1.807, 2.05) is 0 Å². The summed E-state index contributed by atoms with van der Waals surface area (Å²) in [7, 11) is 0. The van der Waals surface area contributed by atoms with Crippen LogP contribution in [0.4, 0.5) is 0 Å². The van der Waals surface area contributed by atoms with Gasteiger partial charge >= 0.3 is 0 Å². The van der Waals surface area contributed by atoms with Crippen LogP contribution in [0.3, 0.4) is 0 Å². The van der Waals surface area contributed by atoms with Crippen molar-refractivity contribution in [1.29, 1.82) is 0 Å². The summed E-state index contributed by atoms with van der Waals surface area (Å²) in [5, 5.41) is 3.71. The second kappa shape index (κ2) is 7.47. The quantitative estimate of drug-likeness (QED) is 0.473. The molecule has 0 spiro atoms. The Kier molecular flexibility index (Phi) is 6.61. The number of alkyl halides is 1. The van der Waals surface area contributed by atoms with Crippen molar-refractivity contribution >= 4 is 34.2 Å². The third-order valence-corrected chi connectivity index (χ3v) is 3.57. The number of rotatable bonds is 6. The number of hydrogen-bond acceptors (Lipinski definition) is 1. The minimum Gasteiger partial charge on any atom is -0.313 e. The fourth-order valence-corrected chi connectivity index (χ4v) is 1.77. The predicted octanol–water partition coefficient (Wildman–Crippen LogP) is 3.79. The fraction of sp³-hybridized carbons (Fsp3) is 0.500. The van der Waals surface area contributed by atoms with E-state index in [9.17, 15) is 0 Å². The molecular formula is C12H17ClIN. The van der Waals surface area contributed by atoms with Gasteiger partial charge in [0.25, 0.3) is 0 Å². The van der Waals surface area contributed by atoms with Crippen molar-refractivity contribution in [1.82, 2.24) is 5.32 Å². The summed E-state index contributed by atoms with van der Waals surface area (Å²) >= 11 is 8.34. The van der Waals surface area contributed by atoms with Crippen LogP contribution in [-0.2, 0) is 6.54 Å². The highest BCUT2D eigenvalue weighted by atomic mass is 127. The highest BCUT2D eigenvalue weighted by Crippen LogP contribution is 2.07. The Labute approximate surface area is 111 Å². The lowest BCUT2D eigenvalue weighted by Crippen LogP contribution is -2.17. The van der Waals surface area contributed by atoms with Gasteiger partial charge in [0.05, 0.1) is 0 Å². The van der Waals surface area contributed by atoms with Gasteiger partial charge in [-0.05, 0) is 59.7 Å². The minimum atomic E-state index is 0.314. The zero-order chi connectivity index (χ0) is 11.1. The first-order valence-electron chi connectivity index (χ1n) is 5.31. The van der Waals surface area contributed by atoms with Gasteiger partial charge in [-0.2, -0.15) is 0 Å². The lowest BCUT2D eigenvalue weighted by molar-refractivity contribution is 0.621. The molecule has 1 aromatic carbocycles. The molecule has 1 N–H and O–H groups in total. The van der Waals surface area contributed by atoms with Gasteiger partial charge in [0.2, 0.25) is 0 Å². The highest BCUT2D eigenvalue weighted by Gasteiger charge is 1.99. The summed E-state index contributed by atoms with van der Waals surface area (Å²) in [6.45, 7) is 4.05. The van der Waals surface area contributed by atoms with Crippen LogP contribution in [0.25, 0.3) is 0 Å². The molecule has 3 heteroatoms. The first-order valence-corrected chi connectivity index (χ1v) is 6.83. The molecule has 15 heavy (non-hydrogen) atoms. The highest BCUT2D eigenvalue weighted by molar-refractivity contribution is 14.1. The van der Waals surface area contributed by atoms with Crippen molar-refractivity contribution in [2.24, 2.45) is 0 Å². The van der Waals surface area contributed by atoms with Gasteiger partial charge in [-0.25, -0.2) is 0 Å². The van der Waals surface area contributed by atoms with Gasteiger partial charge in [-0.15, -0.1) is 11.6 Å². The predicted molar refractivity (Wildman–Crippen MR) is 75.4 cm³/mol. The average Bonchev–Trinajstić information content (AvgIpc) is 2.26. The van der Waals surface area contributed by atoms with Crippen molar-refractivity contribution in [2.75, 3.05) is 6.54 Å². The molecule has 0 aromatic heterocycles. The van der Waals surface area contributed by atoms with Gasteiger partial charge in [0.15, 0.2) is 0 Å². The Bertz CT molecular complexity index is 273. The third-order valence-electron chi connectivity index (χ3n) is 2.32. The van der Waals surface area contributed by atoms with Crippen molar-refractivity contribution in [3.8, 4) is 0 Å². The maximum atomic E-state index is 6.03. The van der Waals surface area contributed by atoms with Crippen LogP contribution in [0.2, 0.25) is 0 Å². The molecule has 1 rings (SSSR count). The normalized spacial score (nSPS) is 12.7. The van der Waals surface area contributed by atoms with E-state index in [0.29, 0.717) is 5.38 Å². The van der Waals surface area contributed by atoms with E-state index < -0.39 is 0 Å². The molecule has 84 valence electrons. The number of hydrogen-bond donors (Lipinski definition) is 1. The van der Waals surface area contributed by atoms with Crippen molar-refractivity contribution in [3.63, 3.8) is 0 Å². The van der Waals surface area contributed by atoms with E-state index in [1.54, 1.807) is 0 Å². The standard InChI is InChI=1S/C12H17ClIN/c1-2-11(13)7-8-15-9-10-3-5-12(14)6-4-10/h3-6,11,15H,2,7-9H2,1H3. The van der Waals surface area contributed by atoms with E-state index in [-0.39, 0.29) is 0 Å². The van der Waals surface area contributed by atoms with E-state index in [2.05, 4.69) is 59.1 Å². The molecule has 0 bridgehead atoms. The van der Waals surface area contributed by atoms with Crippen LogP contribution in [0.1, 0.15) is 25.3 Å². The molecule has 1 atom stereocenters. The molecule has 0 aliphatic carbocycles. The van der Waals surface area contributed by atoms with E-state index in [4.69, 9.17) is 11.6 Å². The molecule has 1 aromatic rings. The minimum absolute atomic E-state index is 0.314. The molecular weight excluding hydrogens is 320 g/mol. The SMILES string of the molecule is CCC(Cl)CCNCc1ccc(I)cc1. The molecule has 0 heterocycles. The van der Waals surface area contributed by atoms with Gasteiger partial charge in [-0.3, -0.25) is 0 Å². The fourth-order valence-electron chi connectivity index (χ4n) is 1.30. The van der Waals surface area contributed by atoms with Crippen LogP contribution in [0.15, 0.2) is 24.3 Å². The third kappa shape index (κ3) is 5.73. The van der Waals surface area contributed by atoms with Crippen LogP contribution >= 0.6 is 34.2 Å². The summed E-state index contributed by atoms with van der Waals surface area (Å²) in [5.41, 5.74) is 1.33. The van der Waals surface area contributed by atoms with E-state index in [1.165, 1.54) is 9.13 Å². The summed E-state index contributed by atoms with van der Waals surface area (Å²) in [5.74, 6) is 0. The van der Waals surface area contributed by atoms with Crippen LogP contribution < -0.4 is 5.32 Å². The second-order valence-corrected chi connectivity index (χ2v) is 5.46. The number of nitrogens with one attached hydrogen (secondary N) is 1. The largest absolute Gasteiger partial charge is 0.313 e. The van der Waals surface area contributed by atoms with Gasteiger partial charge in [0.1, 0.15) is 0 Å². The summed E-state index contributed by atoms with van der Waals surface area (Å²) in [4.78, 5) is 0. The average molecular weight is 338 g/mol. The summed E-state index contributed by atoms with van der Waals surface area (Å²) in [6, 6.07) is 8.58. The number of halogens is 2. The zero-order valence-electron chi connectivity index (χ0n) is 8.97. The Morgan fingerprint density at radius 3 is 2.60 bits per heavy atom. The van der Waals surface area contributed by atoms with Gasteiger partial charge in [-0.1, -0.05) is 19.1 Å². The van der Waals surface area contributed by atoms with Crippen LogP contribution in [-0.4, -0.2) is 11.9 Å². The van der Waals surface area contributed by atoms with Crippen molar-refractivity contribution in [2.45, 2.75) is 31.7 Å². The zero-order valence-corrected chi connectivity index (χ0v) is 11.9. The molecule has 0 amide bonds. The van der Waals surface area contributed by atoms with E-state index in [0.717, 1.165) is 25.9 Å². The second-order valence-electron chi connectivity index (χ2n) is 3.60. The van der Waals surface area contributed by atoms with Crippen LogP contribution in [0.5, 0.6) is 0 Å². The van der Waals surface area contributed by atoms with Crippen molar-refractivity contribution in [3.05, 3.63) is 33.4 Å². The Morgan fingerprint density at radius 2 is 2.00 bits per heavy atom. The van der Waals surface area contributed by atoms with Gasteiger partial charge < -0.3 is 5.32 Å². The molecule has 0 radical (unpaired) electrons. The lowest BCUT2D eigenvalue weighted by Gasteiger charge is -2.07. The molecule has 0 fully saturated rings. The smallest absolute Gasteiger partial charge is 0.0345 e. The Morgan fingerprint density at radius 1 is 1.33 bits per heavy atom. The van der Waals surface area contributed by atoms with Crippen LogP contribution in [0, 0.1) is 3.57 Å². The summed E-state index contributed by atoms with van der Waals surface area (Å²) in [6.07, 6.45) is 2.09. The number of benzene rings is 1. The lowest BCUT2D eigenvalue weighted by atomic mass is 10.2. The maximum absolute atomic E-state index is 6.03. The molecule has 0 aliphatic heterocycles. The molecule has 0 saturated carbocycles. The Hall–Kier alpha value is 0.200. The Balaban J connectivity index is 2.17. The monoisotopic (exact) mass is 337 g/mol. The maximum Gasteiger partial charge on any atom is 0.0345 e. The molecule has 0 aliphatic rings. The topological polar surface area (TPSA) is 12.0 Å². The molecule has 1 nitrogen and oxygen atoms in total. The van der Waals surface area contributed by atoms with Crippen molar-refractivity contribution < 1.29 is 0 Å².